The van der Waals surface area contributed by atoms with Crippen LogP contribution in [0.2, 0.25) is 0 Å². The lowest BCUT2D eigenvalue weighted by Crippen LogP contribution is -2.75. The van der Waals surface area contributed by atoms with Crippen LogP contribution in [0.5, 0.6) is 5.75 Å². The third-order valence-electron chi connectivity index (χ3n) is 6.22. The van der Waals surface area contributed by atoms with Crippen molar-refractivity contribution < 1.29 is 51.5 Å². The summed E-state index contributed by atoms with van der Waals surface area (Å²) < 4.78 is 50.6. The third-order valence-corrected chi connectivity index (χ3v) is 6.22. The minimum atomic E-state index is -5.63. The number of carbonyl (C=O) groups excluding carboxylic acids is 5. The van der Waals surface area contributed by atoms with Gasteiger partial charge in [0.25, 0.3) is 11.8 Å². The van der Waals surface area contributed by atoms with E-state index in [0.29, 0.717) is 5.75 Å². The number of aromatic nitrogens is 1. The van der Waals surface area contributed by atoms with Gasteiger partial charge in [-0.15, -0.1) is 5.06 Å². The van der Waals surface area contributed by atoms with E-state index in [4.69, 9.17) is 9.47 Å². The number of barbiturate groups is 1. The smallest absolute Gasteiger partial charge is 0.489 e. The number of amides is 5. The first kappa shape index (κ1) is 31.7. The molecule has 5 amide bonds. The van der Waals surface area contributed by atoms with Crippen molar-refractivity contribution in [3.8, 4) is 5.75 Å². The Hall–Kier alpha value is -5.21. The van der Waals surface area contributed by atoms with Crippen molar-refractivity contribution in [3.63, 3.8) is 0 Å². The number of para-hydroxylation sites is 1. The summed E-state index contributed by atoms with van der Waals surface area (Å²) in [5.41, 5.74) is -1.85. The van der Waals surface area contributed by atoms with E-state index in [0.717, 1.165) is 22.2 Å². The third kappa shape index (κ3) is 6.88. The molecule has 1 aromatic heterocycles. The van der Waals surface area contributed by atoms with E-state index in [1.165, 1.54) is 45.0 Å². The van der Waals surface area contributed by atoms with Crippen LogP contribution in [0.4, 0.5) is 22.8 Å². The zero-order valence-electron chi connectivity index (χ0n) is 23.9. The Balaban J connectivity index is 1.66. The van der Waals surface area contributed by atoms with Gasteiger partial charge in [0.05, 0.1) is 5.52 Å². The van der Waals surface area contributed by atoms with Gasteiger partial charge in [-0.3, -0.25) is 25.2 Å². The summed E-state index contributed by atoms with van der Waals surface area (Å²) in [4.78, 5) is 72.0. The van der Waals surface area contributed by atoms with Crippen LogP contribution in [-0.2, 0) is 37.0 Å². The van der Waals surface area contributed by atoms with Crippen molar-refractivity contribution >= 4 is 40.8 Å². The SMILES string of the molecule is Cc1cc(COc2ccc(CC3(N(OC(=O)C(F)(F)F)C(=O)OC(C)(C)C)C(=O)NC(=O)NC3=O)cc2)c2ccccc2n1. The van der Waals surface area contributed by atoms with Gasteiger partial charge >= 0.3 is 24.3 Å². The number of halogens is 3. The van der Waals surface area contributed by atoms with Crippen LogP contribution in [-0.4, -0.2) is 57.3 Å². The molecule has 1 aliphatic heterocycles. The average Bonchev–Trinajstić information content (AvgIpc) is 2.91. The number of hydrogen-bond acceptors (Lipinski definition) is 9. The molecule has 0 aliphatic carbocycles. The van der Waals surface area contributed by atoms with Gasteiger partial charge in [0.15, 0.2) is 0 Å². The lowest BCUT2D eigenvalue weighted by atomic mass is 9.87. The minimum absolute atomic E-state index is 0.110. The molecule has 12 nitrogen and oxygen atoms in total. The molecule has 44 heavy (non-hydrogen) atoms. The van der Waals surface area contributed by atoms with Gasteiger partial charge in [0.2, 0.25) is 5.54 Å². The zero-order valence-corrected chi connectivity index (χ0v) is 23.9. The van der Waals surface area contributed by atoms with Crippen LogP contribution in [0.1, 0.15) is 37.6 Å². The van der Waals surface area contributed by atoms with E-state index < -0.39 is 58.7 Å². The summed E-state index contributed by atoms with van der Waals surface area (Å²) in [5, 5.41) is 3.97. The van der Waals surface area contributed by atoms with Gasteiger partial charge in [0.1, 0.15) is 18.0 Å². The largest absolute Gasteiger partial charge is 0.493 e. The number of ether oxygens (including phenoxy) is 2. The summed E-state index contributed by atoms with van der Waals surface area (Å²) in [6.07, 6.45) is -8.23. The summed E-state index contributed by atoms with van der Waals surface area (Å²) in [6, 6.07) is 13.7. The molecule has 2 N–H and O–H groups in total. The molecular formula is C29H27F3N4O8. The van der Waals surface area contributed by atoms with E-state index in [9.17, 15) is 37.1 Å². The van der Waals surface area contributed by atoms with Crippen LogP contribution >= 0.6 is 0 Å². The fourth-order valence-corrected chi connectivity index (χ4v) is 4.35. The van der Waals surface area contributed by atoms with Crippen molar-refractivity contribution in [1.29, 1.82) is 0 Å². The number of pyridine rings is 1. The summed E-state index contributed by atoms with van der Waals surface area (Å²) in [6.45, 7) is 6.04. The maximum Gasteiger partial charge on any atom is 0.493 e. The normalized spacial score (nSPS) is 14.8. The Kier molecular flexibility index (Phi) is 8.52. The highest BCUT2D eigenvalue weighted by atomic mass is 19.4. The fraction of sp³-hybridized carbons (Fsp3) is 0.310. The lowest BCUT2D eigenvalue weighted by molar-refractivity contribution is -0.247. The molecule has 0 atom stereocenters. The number of aryl methyl sites for hydroxylation is 1. The Labute approximate surface area is 248 Å². The number of fused-ring (bicyclic) bond motifs is 1. The number of alkyl halides is 3. The number of nitrogens with zero attached hydrogens (tertiary/aromatic N) is 2. The van der Waals surface area contributed by atoms with E-state index in [2.05, 4.69) is 9.82 Å². The van der Waals surface area contributed by atoms with Crippen LogP contribution in [0.25, 0.3) is 10.9 Å². The maximum atomic E-state index is 13.2. The van der Waals surface area contributed by atoms with Gasteiger partial charge in [-0.1, -0.05) is 30.3 Å². The van der Waals surface area contributed by atoms with E-state index in [1.807, 2.05) is 37.3 Å². The van der Waals surface area contributed by atoms with Crippen molar-refractivity contribution in [3.05, 3.63) is 71.4 Å². The first-order valence-electron chi connectivity index (χ1n) is 13.1. The average molecular weight is 617 g/mol. The molecule has 1 fully saturated rings. The molecule has 2 aromatic carbocycles. The van der Waals surface area contributed by atoms with Crippen molar-refractivity contribution in [1.82, 2.24) is 20.7 Å². The summed E-state index contributed by atoms with van der Waals surface area (Å²) in [7, 11) is 0. The van der Waals surface area contributed by atoms with Crippen LogP contribution in [0, 0.1) is 6.92 Å². The quantitative estimate of drug-likeness (QED) is 0.309. The number of hydroxylamine groups is 2. The highest BCUT2D eigenvalue weighted by Gasteiger charge is 2.61. The molecule has 0 saturated carbocycles. The zero-order chi connectivity index (χ0) is 32.4. The van der Waals surface area contributed by atoms with E-state index in [1.54, 1.807) is 10.6 Å². The first-order valence-corrected chi connectivity index (χ1v) is 13.1. The molecule has 0 unspecified atom stereocenters. The van der Waals surface area contributed by atoms with Crippen LogP contribution in [0.3, 0.4) is 0 Å². The molecule has 0 bridgehead atoms. The molecular weight excluding hydrogens is 589 g/mol. The minimum Gasteiger partial charge on any atom is -0.489 e. The molecule has 1 aliphatic rings. The molecule has 2 heterocycles. The van der Waals surface area contributed by atoms with Crippen molar-refractivity contribution in [2.24, 2.45) is 0 Å². The second-order valence-electron chi connectivity index (χ2n) is 10.8. The van der Waals surface area contributed by atoms with Gasteiger partial charge < -0.3 is 14.3 Å². The number of urea groups is 1. The van der Waals surface area contributed by atoms with E-state index in [-0.39, 0.29) is 12.2 Å². The number of hydrogen-bond donors (Lipinski definition) is 2. The number of carbonyl (C=O) groups is 5. The highest BCUT2D eigenvalue weighted by molar-refractivity contribution is 6.23. The molecule has 0 spiro atoms. The Bertz CT molecular complexity index is 1610. The predicted molar refractivity (Wildman–Crippen MR) is 146 cm³/mol. The lowest BCUT2D eigenvalue weighted by Gasteiger charge is -2.40. The van der Waals surface area contributed by atoms with Gasteiger partial charge in [0, 0.05) is 23.1 Å². The first-order chi connectivity index (χ1) is 20.5. The maximum absolute atomic E-state index is 13.2. The Morgan fingerprint density at radius 3 is 2.16 bits per heavy atom. The molecule has 232 valence electrons. The second kappa shape index (κ2) is 11.8. The van der Waals surface area contributed by atoms with Crippen LogP contribution in [0.15, 0.2) is 54.6 Å². The van der Waals surface area contributed by atoms with Gasteiger partial charge in [-0.2, -0.15) is 13.2 Å². The molecule has 3 aromatic rings. The fourth-order valence-electron chi connectivity index (χ4n) is 4.35. The van der Waals surface area contributed by atoms with Crippen molar-refractivity contribution in [2.45, 2.75) is 58.0 Å². The van der Waals surface area contributed by atoms with E-state index >= 15 is 0 Å². The predicted octanol–water partition coefficient (Wildman–Crippen LogP) is 4.03. The monoisotopic (exact) mass is 616 g/mol. The van der Waals surface area contributed by atoms with Crippen molar-refractivity contribution in [2.75, 3.05) is 0 Å². The standard InChI is InChI=1S/C29H27F3N4O8/c1-16-13-18(20-7-5-6-8-21(20)33-16)15-42-19-11-9-17(10-12-19)14-28(22(37)34-25(40)35-23(28)38)36(26(41)43-27(2,3)4)44-24(39)29(30,31)32/h5-13H,14-15H2,1-4H3,(H2,34,35,37,38,40). The van der Waals surface area contributed by atoms with Gasteiger partial charge in [-0.25, -0.2) is 14.4 Å². The molecule has 0 radical (unpaired) electrons. The number of imide groups is 2. The number of benzene rings is 2. The second-order valence-corrected chi connectivity index (χ2v) is 10.8. The molecule has 1 saturated heterocycles. The topological polar surface area (TPSA) is 153 Å². The number of rotatable bonds is 6. The Morgan fingerprint density at radius 2 is 1.57 bits per heavy atom. The molecule has 4 rings (SSSR count). The van der Waals surface area contributed by atoms with Gasteiger partial charge in [-0.05, 0) is 57.5 Å². The Morgan fingerprint density at radius 1 is 0.955 bits per heavy atom. The summed E-state index contributed by atoms with van der Waals surface area (Å²) >= 11 is 0. The molecule has 15 heteroatoms. The highest BCUT2D eigenvalue weighted by Crippen LogP contribution is 2.30. The number of nitrogens with one attached hydrogen (secondary N) is 2. The summed E-state index contributed by atoms with van der Waals surface area (Å²) in [5.74, 6) is -5.64. The van der Waals surface area contributed by atoms with Crippen LogP contribution < -0.4 is 15.4 Å².